The van der Waals surface area contributed by atoms with Gasteiger partial charge in [-0.1, -0.05) is 13.8 Å². The summed E-state index contributed by atoms with van der Waals surface area (Å²) in [7, 11) is 0. The summed E-state index contributed by atoms with van der Waals surface area (Å²) < 4.78 is 14.0. The lowest BCUT2D eigenvalue weighted by atomic mass is 10.1. The number of halogens is 1. The molecule has 2 aromatic rings. The minimum atomic E-state index is -0.664. The Hall–Kier alpha value is -2.77. The smallest absolute Gasteiger partial charge is 0.261 e. The highest BCUT2D eigenvalue weighted by Gasteiger charge is 2.24. The number of hydrogen-bond donors (Lipinski definition) is 2. The number of benzene rings is 1. The normalized spacial score (nSPS) is 14.5. The van der Waals surface area contributed by atoms with Crippen LogP contribution in [0.1, 0.15) is 48.8 Å². The summed E-state index contributed by atoms with van der Waals surface area (Å²) in [6, 6.07) is 4.07. The van der Waals surface area contributed by atoms with Crippen molar-refractivity contribution in [3.8, 4) is 0 Å². The maximum atomic E-state index is 14.0. The highest BCUT2D eigenvalue weighted by atomic mass is 19.1. The Morgan fingerprint density at radius 2 is 2.21 bits per heavy atom. The van der Waals surface area contributed by atoms with Crippen LogP contribution in [0.3, 0.4) is 0 Å². The molecular weight excluding hydrogens is 313 g/mol. The topological polar surface area (TPSA) is 91.0 Å². The van der Waals surface area contributed by atoms with Gasteiger partial charge in [-0.3, -0.25) is 20.0 Å². The molecule has 2 heterocycles. The van der Waals surface area contributed by atoms with E-state index in [1.807, 2.05) is 13.8 Å². The number of aromatic amines is 1. The number of amides is 2. The Morgan fingerprint density at radius 3 is 2.83 bits per heavy atom. The first-order chi connectivity index (χ1) is 11.5. The molecule has 1 aliphatic heterocycles. The van der Waals surface area contributed by atoms with Gasteiger partial charge in [0.05, 0.1) is 5.56 Å². The molecule has 126 valence electrons. The van der Waals surface area contributed by atoms with Gasteiger partial charge in [-0.15, -0.1) is 5.10 Å². The van der Waals surface area contributed by atoms with Gasteiger partial charge in [0, 0.05) is 24.6 Å². The van der Waals surface area contributed by atoms with Gasteiger partial charge >= 0.3 is 0 Å². The second-order valence-electron chi connectivity index (χ2n) is 5.97. The zero-order chi connectivity index (χ0) is 17.3. The summed E-state index contributed by atoms with van der Waals surface area (Å²) in [6.07, 6.45) is 1.22. The van der Waals surface area contributed by atoms with Crippen molar-refractivity contribution in [3.05, 3.63) is 35.4 Å². The molecule has 1 fully saturated rings. The van der Waals surface area contributed by atoms with Gasteiger partial charge in [-0.05, 0) is 24.6 Å². The van der Waals surface area contributed by atoms with Gasteiger partial charge in [-0.25, -0.2) is 4.39 Å². The maximum Gasteiger partial charge on any atom is 0.261 e. The molecule has 8 heteroatoms. The fourth-order valence-electron chi connectivity index (χ4n) is 2.53. The molecule has 0 unspecified atom stereocenters. The minimum Gasteiger partial charge on any atom is -0.312 e. The molecular formula is C16H18FN5O2. The number of nitrogens with zero attached hydrogens (tertiary/aromatic N) is 3. The predicted octanol–water partition coefficient (Wildman–Crippen LogP) is 2.45. The molecule has 0 aliphatic carbocycles. The van der Waals surface area contributed by atoms with Crippen LogP contribution in [0.15, 0.2) is 18.2 Å². The molecule has 2 amide bonds. The molecule has 2 N–H and O–H groups in total. The standard InChI is InChI=1S/C16H18FN5O2/c1-9(2)14-18-16(21-20-14)19-15(24)11-8-10(5-6-12(11)17)22-7-3-4-13(22)23/h5-6,8-9H,3-4,7H2,1-2H3,(H2,18,19,20,21,24). The molecule has 0 saturated carbocycles. The van der Waals surface area contributed by atoms with Gasteiger partial charge in [0.2, 0.25) is 11.9 Å². The van der Waals surface area contributed by atoms with Gasteiger partial charge in [0.15, 0.2) is 0 Å². The van der Waals surface area contributed by atoms with Crippen molar-refractivity contribution >= 4 is 23.5 Å². The van der Waals surface area contributed by atoms with Crippen molar-refractivity contribution in [2.24, 2.45) is 0 Å². The van der Waals surface area contributed by atoms with Gasteiger partial charge in [-0.2, -0.15) is 4.98 Å². The largest absolute Gasteiger partial charge is 0.312 e. The Bertz CT molecular complexity index is 787. The van der Waals surface area contributed by atoms with Crippen molar-refractivity contribution < 1.29 is 14.0 Å². The van der Waals surface area contributed by atoms with E-state index >= 15 is 0 Å². The molecule has 0 radical (unpaired) electrons. The molecule has 1 aromatic heterocycles. The number of H-pyrrole nitrogens is 1. The number of carbonyl (C=O) groups excluding carboxylic acids is 2. The fourth-order valence-corrected chi connectivity index (χ4v) is 2.53. The summed E-state index contributed by atoms with van der Waals surface area (Å²) in [5.74, 6) is -0.501. The van der Waals surface area contributed by atoms with Crippen molar-refractivity contribution in [2.75, 3.05) is 16.8 Å². The number of carbonyl (C=O) groups is 2. The zero-order valence-electron chi connectivity index (χ0n) is 13.5. The predicted molar refractivity (Wildman–Crippen MR) is 86.4 cm³/mol. The van der Waals surface area contributed by atoms with E-state index in [0.29, 0.717) is 24.5 Å². The second-order valence-corrected chi connectivity index (χ2v) is 5.97. The Kier molecular flexibility index (Phi) is 4.28. The number of aromatic nitrogens is 3. The lowest BCUT2D eigenvalue weighted by Crippen LogP contribution is -2.24. The second kappa shape index (κ2) is 6.38. The molecule has 24 heavy (non-hydrogen) atoms. The van der Waals surface area contributed by atoms with E-state index in [2.05, 4.69) is 20.5 Å². The monoisotopic (exact) mass is 331 g/mol. The first-order valence-corrected chi connectivity index (χ1v) is 7.79. The molecule has 1 saturated heterocycles. The summed E-state index contributed by atoms with van der Waals surface area (Å²) in [5, 5.41) is 9.07. The molecule has 1 aromatic carbocycles. The van der Waals surface area contributed by atoms with E-state index in [4.69, 9.17) is 0 Å². The van der Waals surface area contributed by atoms with Crippen molar-refractivity contribution in [1.82, 2.24) is 15.2 Å². The highest BCUT2D eigenvalue weighted by molar-refractivity contribution is 6.05. The van der Waals surface area contributed by atoms with Crippen molar-refractivity contribution in [2.45, 2.75) is 32.6 Å². The molecule has 0 spiro atoms. The van der Waals surface area contributed by atoms with Crippen LogP contribution < -0.4 is 10.2 Å². The average molecular weight is 331 g/mol. The molecule has 0 bridgehead atoms. The van der Waals surface area contributed by atoms with Crippen LogP contribution in [-0.2, 0) is 4.79 Å². The van der Waals surface area contributed by atoms with Gasteiger partial charge < -0.3 is 4.90 Å². The molecule has 3 rings (SSSR count). The number of nitrogens with one attached hydrogen (secondary N) is 2. The van der Waals surface area contributed by atoms with E-state index in [-0.39, 0.29) is 23.3 Å². The summed E-state index contributed by atoms with van der Waals surface area (Å²) in [4.78, 5) is 29.8. The first kappa shape index (κ1) is 16.1. The molecule has 7 nitrogen and oxygen atoms in total. The van der Waals surface area contributed by atoms with Gasteiger partial charge in [0.1, 0.15) is 11.6 Å². The van der Waals surface area contributed by atoms with Crippen molar-refractivity contribution in [3.63, 3.8) is 0 Å². The van der Waals surface area contributed by atoms with Crippen LogP contribution in [0.5, 0.6) is 0 Å². The van der Waals surface area contributed by atoms with E-state index in [0.717, 1.165) is 6.42 Å². The SMILES string of the molecule is CC(C)c1nc(NC(=O)c2cc(N3CCCC3=O)ccc2F)n[nH]1. The molecule has 0 atom stereocenters. The van der Waals surface area contributed by atoms with Crippen molar-refractivity contribution in [1.29, 1.82) is 0 Å². The van der Waals surface area contributed by atoms with Crippen LogP contribution in [-0.4, -0.2) is 33.5 Å². The van der Waals surface area contributed by atoms with E-state index in [1.54, 1.807) is 4.90 Å². The third kappa shape index (κ3) is 3.12. The third-order valence-electron chi connectivity index (χ3n) is 3.85. The molecule has 1 aliphatic rings. The summed E-state index contributed by atoms with van der Waals surface area (Å²) in [5.41, 5.74) is 0.366. The number of rotatable bonds is 4. The Balaban J connectivity index is 1.82. The number of hydrogen-bond acceptors (Lipinski definition) is 4. The Labute approximate surface area is 138 Å². The first-order valence-electron chi connectivity index (χ1n) is 7.79. The third-order valence-corrected chi connectivity index (χ3v) is 3.85. The van der Waals surface area contributed by atoms with Crippen LogP contribution in [0, 0.1) is 5.82 Å². The quantitative estimate of drug-likeness (QED) is 0.900. The van der Waals surface area contributed by atoms with Crippen LogP contribution in [0.25, 0.3) is 0 Å². The Morgan fingerprint density at radius 1 is 1.42 bits per heavy atom. The summed E-state index contributed by atoms with van der Waals surface area (Å²) >= 11 is 0. The highest BCUT2D eigenvalue weighted by Crippen LogP contribution is 2.24. The van der Waals surface area contributed by atoms with Crippen LogP contribution >= 0.6 is 0 Å². The lowest BCUT2D eigenvalue weighted by molar-refractivity contribution is -0.117. The van der Waals surface area contributed by atoms with E-state index in [9.17, 15) is 14.0 Å². The fraction of sp³-hybridized carbons (Fsp3) is 0.375. The average Bonchev–Trinajstić information content (AvgIpc) is 3.17. The van der Waals surface area contributed by atoms with Crippen LogP contribution in [0.4, 0.5) is 16.0 Å². The minimum absolute atomic E-state index is 0.0245. The van der Waals surface area contributed by atoms with E-state index in [1.165, 1.54) is 18.2 Å². The lowest BCUT2D eigenvalue weighted by Gasteiger charge is -2.16. The number of anilines is 2. The summed E-state index contributed by atoms with van der Waals surface area (Å²) in [6.45, 7) is 4.44. The van der Waals surface area contributed by atoms with Gasteiger partial charge in [0.25, 0.3) is 5.91 Å². The zero-order valence-corrected chi connectivity index (χ0v) is 13.5. The van der Waals surface area contributed by atoms with E-state index < -0.39 is 11.7 Å². The van der Waals surface area contributed by atoms with Crippen LogP contribution in [0.2, 0.25) is 0 Å². The maximum absolute atomic E-state index is 14.0.